The van der Waals surface area contributed by atoms with Gasteiger partial charge < -0.3 is 20.3 Å². The molecule has 0 radical (unpaired) electrons. The number of carbonyl (C=O) groups excluding carboxylic acids is 2. The van der Waals surface area contributed by atoms with Crippen LogP contribution in [0.4, 0.5) is 0 Å². The van der Waals surface area contributed by atoms with Gasteiger partial charge in [-0.1, -0.05) is 398 Å². The Labute approximate surface area is 508 Å². The van der Waals surface area contributed by atoms with Gasteiger partial charge in [0.1, 0.15) is 0 Å². The number of rotatable bonds is 71. The maximum atomic E-state index is 12.5. The first-order valence-corrected chi connectivity index (χ1v) is 37.5. The van der Waals surface area contributed by atoms with E-state index in [1.54, 1.807) is 6.08 Å². The zero-order chi connectivity index (χ0) is 58.5. The number of nitrogens with one attached hydrogen (secondary N) is 1. The molecule has 3 N–H and O–H groups in total. The fourth-order valence-electron chi connectivity index (χ4n) is 12.1. The molecule has 0 aromatic heterocycles. The van der Waals surface area contributed by atoms with Crippen LogP contribution in [0.3, 0.4) is 0 Å². The summed E-state index contributed by atoms with van der Waals surface area (Å²) in [4.78, 5) is 24.6. The highest BCUT2D eigenvalue weighted by atomic mass is 16.5. The SMILES string of the molecule is CCCCCCCCCCCCCCCCCCCCCC/C=C/C(O)C(CO)NC(=O)CCCCCCCCCCCCCCCCCCCCCCCCCCCOC(=O)CCCCCCCCCCCCCCCCCCC. The lowest BCUT2D eigenvalue weighted by molar-refractivity contribution is -0.143. The fourth-order valence-corrected chi connectivity index (χ4v) is 12.1. The standard InChI is InChI=1S/C75H147NO5/c1-3-5-7-9-11-13-15-17-19-21-22-23-29-32-36-39-43-47-51-55-59-63-67-73(78)72(71-77)76-74(79)68-64-60-56-52-48-44-40-37-33-30-27-25-24-26-28-31-34-38-42-46-50-54-58-62-66-70-81-75(80)69-65-61-57-53-49-45-41-35-20-18-16-14-12-10-8-6-4-2/h63,67,72-73,77-78H,3-62,64-66,68-71H2,1-2H3,(H,76,79)/b67-63+. The first kappa shape index (κ1) is 79.6. The van der Waals surface area contributed by atoms with Gasteiger partial charge in [0.15, 0.2) is 0 Å². The summed E-state index contributed by atoms with van der Waals surface area (Å²) in [6.45, 7) is 4.96. The molecule has 0 bridgehead atoms. The number of aliphatic hydroxyl groups is 2. The summed E-state index contributed by atoms with van der Waals surface area (Å²) in [5, 5.41) is 23.3. The van der Waals surface area contributed by atoms with Crippen LogP contribution in [0, 0.1) is 0 Å². The minimum atomic E-state index is -0.844. The summed E-state index contributed by atoms with van der Waals surface area (Å²) in [5.74, 6) is -0.0398. The van der Waals surface area contributed by atoms with Crippen molar-refractivity contribution in [1.82, 2.24) is 5.32 Å². The van der Waals surface area contributed by atoms with Gasteiger partial charge in [0, 0.05) is 12.8 Å². The molecule has 0 fully saturated rings. The maximum Gasteiger partial charge on any atom is 0.305 e. The molecule has 482 valence electrons. The highest BCUT2D eigenvalue weighted by Gasteiger charge is 2.18. The molecule has 0 aliphatic heterocycles. The monoisotopic (exact) mass is 1140 g/mol. The minimum Gasteiger partial charge on any atom is -0.466 e. The number of aliphatic hydroxyl groups excluding tert-OH is 2. The van der Waals surface area contributed by atoms with Gasteiger partial charge in [-0.25, -0.2) is 0 Å². The van der Waals surface area contributed by atoms with Crippen LogP contribution >= 0.6 is 0 Å². The second-order valence-electron chi connectivity index (χ2n) is 26.0. The van der Waals surface area contributed by atoms with Gasteiger partial charge in [0.25, 0.3) is 0 Å². The molecule has 0 rings (SSSR count). The topological polar surface area (TPSA) is 95.9 Å². The number of carbonyl (C=O) groups is 2. The average molecular weight is 1140 g/mol. The lowest BCUT2D eigenvalue weighted by Crippen LogP contribution is -2.45. The molecule has 0 aliphatic carbocycles. The van der Waals surface area contributed by atoms with E-state index in [0.717, 1.165) is 38.5 Å². The molecule has 2 atom stereocenters. The molecule has 81 heavy (non-hydrogen) atoms. The Morgan fingerprint density at radius 1 is 0.333 bits per heavy atom. The van der Waals surface area contributed by atoms with Gasteiger partial charge in [0.05, 0.1) is 25.4 Å². The Bertz CT molecular complexity index is 1220. The molecule has 0 aromatic rings. The normalized spacial score (nSPS) is 12.5. The van der Waals surface area contributed by atoms with Gasteiger partial charge in [-0.3, -0.25) is 9.59 Å². The van der Waals surface area contributed by atoms with E-state index >= 15 is 0 Å². The largest absolute Gasteiger partial charge is 0.466 e. The Morgan fingerprint density at radius 3 is 0.840 bits per heavy atom. The molecule has 0 spiro atoms. The number of allylic oxidation sites excluding steroid dienone is 1. The van der Waals surface area contributed by atoms with E-state index in [1.165, 1.54) is 366 Å². The summed E-state index contributed by atoms with van der Waals surface area (Å²) in [6, 6.07) is -0.627. The zero-order valence-electron chi connectivity index (χ0n) is 55.3. The lowest BCUT2D eigenvalue weighted by Gasteiger charge is -2.20. The minimum absolute atomic E-state index is 0.0212. The summed E-state index contributed by atoms with van der Waals surface area (Å²) < 4.78 is 5.51. The van der Waals surface area contributed by atoms with Crippen LogP contribution in [-0.2, 0) is 14.3 Å². The summed E-state index contributed by atoms with van der Waals surface area (Å²) in [6.07, 6.45) is 88.8. The van der Waals surface area contributed by atoms with Crippen molar-refractivity contribution in [3.63, 3.8) is 0 Å². The maximum absolute atomic E-state index is 12.5. The smallest absolute Gasteiger partial charge is 0.305 e. The molecule has 0 saturated heterocycles. The molecule has 2 unspecified atom stereocenters. The van der Waals surface area contributed by atoms with Crippen molar-refractivity contribution in [2.45, 2.75) is 443 Å². The third kappa shape index (κ3) is 67.6. The zero-order valence-corrected chi connectivity index (χ0v) is 55.3. The van der Waals surface area contributed by atoms with E-state index < -0.39 is 12.1 Å². The van der Waals surface area contributed by atoms with Crippen molar-refractivity contribution in [3.05, 3.63) is 12.2 Å². The summed E-state index contributed by atoms with van der Waals surface area (Å²) >= 11 is 0. The number of esters is 1. The Kier molecular flexibility index (Phi) is 69.9. The molecule has 0 aromatic carbocycles. The molecule has 6 heteroatoms. The van der Waals surface area contributed by atoms with E-state index in [9.17, 15) is 19.8 Å². The molecule has 0 heterocycles. The van der Waals surface area contributed by atoms with Crippen LogP contribution < -0.4 is 5.32 Å². The van der Waals surface area contributed by atoms with Gasteiger partial charge in [0.2, 0.25) is 5.91 Å². The Hall–Kier alpha value is -1.40. The third-order valence-corrected chi connectivity index (χ3v) is 17.8. The first-order chi connectivity index (χ1) is 40.0. The van der Waals surface area contributed by atoms with Crippen LogP contribution in [0.2, 0.25) is 0 Å². The van der Waals surface area contributed by atoms with Gasteiger partial charge >= 0.3 is 5.97 Å². The van der Waals surface area contributed by atoms with E-state index in [0.29, 0.717) is 19.4 Å². The van der Waals surface area contributed by atoms with Crippen LogP contribution in [-0.4, -0.2) is 47.4 Å². The number of ether oxygens (including phenoxy) is 1. The second-order valence-corrected chi connectivity index (χ2v) is 26.0. The van der Waals surface area contributed by atoms with Crippen molar-refractivity contribution in [2.24, 2.45) is 0 Å². The number of hydrogen-bond donors (Lipinski definition) is 3. The van der Waals surface area contributed by atoms with Crippen molar-refractivity contribution in [2.75, 3.05) is 13.2 Å². The molecular weight excluding hydrogens is 995 g/mol. The average Bonchev–Trinajstić information content (AvgIpc) is 3.47. The molecule has 0 aliphatic rings. The number of unbranched alkanes of at least 4 members (excludes halogenated alkanes) is 60. The second kappa shape index (κ2) is 71.1. The summed E-state index contributed by atoms with van der Waals surface area (Å²) in [5.41, 5.74) is 0. The molecule has 0 saturated carbocycles. The summed E-state index contributed by atoms with van der Waals surface area (Å²) in [7, 11) is 0. The van der Waals surface area contributed by atoms with Gasteiger partial charge in [-0.2, -0.15) is 0 Å². The van der Waals surface area contributed by atoms with Crippen molar-refractivity contribution < 1.29 is 24.5 Å². The van der Waals surface area contributed by atoms with Crippen LogP contribution in [0.25, 0.3) is 0 Å². The highest BCUT2D eigenvalue weighted by Crippen LogP contribution is 2.20. The Balaban J connectivity index is 3.37. The third-order valence-electron chi connectivity index (χ3n) is 17.8. The van der Waals surface area contributed by atoms with Crippen LogP contribution in [0.1, 0.15) is 431 Å². The quantitative estimate of drug-likeness (QED) is 0.0320. The highest BCUT2D eigenvalue weighted by molar-refractivity contribution is 5.76. The van der Waals surface area contributed by atoms with Crippen molar-refractivity contribution in [3.8, 4) is 0 Å². The molecule has 6 nitrogen and oxygen atoms in total. The fraction of sp³-hybridized carbons (Fsp3) is 0.947. The van der Waals surface area contributed by atoms with Gasteiger partial charge in [-0.05, 0) is 32.1 Å². The van der Waals surface area contributed by atoms with Crippen LogP contribution in [0.15, 0.2) is 12.2 Å². The van der Waals surface area contributed by atoms with E-state index in [2.05, 4.69) is 19.2 Å². The van der Waals surface area contributed by atoms with Crippen molar-refractivity contribution in [1.29, 1.82) is 0 Å². The number of hydrogen-bond acceptors (Lipinski definition) is 5. The van der Waals surface area contributed by atoms with E-state index in [4.69, 9.17) is 4.74 Å². The first-order valence-electron chi connectivity index (χ1n) is 37.5. The lowest BCUT2D eigenvalue weighted by atomic mass is 10.0. The van der Waals surface area contributed by atoms with Crippen molar-refractivity contribution >= 4 is 11.9 Å². The molecular formula is C75H147NO5. The number of amides is 1. The Morgan fingerprint density at radius 2 is 0.568 bits per heavy atom. The molecule has 1 amide bonds. The van der Waals surface area contributed by atoms with Gasteiger partial charge in [-0.15, -0.1) is 0 Å². The predicted molar refractivity (Wildman–Crippen MR) is 357 cm³/mol. The van der Waals surface area contributed by atoms with E-state index in [-0.39, 0.29) is 18.5 Å². The predicted octanol–water partition coefficient (Wildman–Crippen LogP) is 24.3. The van der Waals surface area contributed by atoms with Crippen LogP contribution in [0.5, 0.6) is 0 Å². The van der Waals surface area contributed by atoms with E-state index in [1.807, 2.05) is 6.08 Å².